The summed E-state index contributed by atoms with van der Waals surface area (Å²) < 4.78 is 1.88. The summed E-state index contributed by atoms with van der Waals surface area (Å²) in [5.74, 6) is 0.623. The molecular formula is C29H54N4O2. The number of hydrogen-bond donors (Lipinski definition) is 1. The summed E-state index contributed by atoms with van der Waals surface area (Å²) in [6, 6.07) is 1.96. The van der Waals surface area contributed by atoms with Gasteiger partial charge in [-0.2, -0.15) is 5.10 Å². The Kier molecular flexibility index (Phi) is 13.6. The van der Waals surface area contributed by atoms with Gasteiger partial charge in [-0.15, -0.1) is 0 Å². The zero-order valence-corrected chi connectivity index (χ0v) is 24.1. The molecule has 35 heavy (non-hydrogen) atoms. The Morgan fingerprint density at radius 2 is 1.40 bits per heavy atom. The van der Waals surface area contributed by atoms with Crippen LogP contribution in [-0.4, -0.2) is 39.6 Å². The van der Waals surface area contributed by atoms with Crippen LogP contribution in [0.2, 0.25) is 0 Å². The molecule has 1 N–H and O–H groups in total. The second-order valence-corrected chi connectivity index (χ2v) is 12.0. The lowest BCUT2D eigenvalue weighted by molar-refractivity contribution is -0.134. The van der Waals surface area contributed by atoms with Crippen molar-refractivity contribution in [2.45, 2.75) is 143 Å². The molecule has 0 fully saturated rings. The number of carbonyl (C=O) groups excluding carboxylic acids is 2. The number of nitrogens with one attached hydrogen (secondary N) is 1. The van der Waals surface area contributed by atoms with E-state index < -0.39 is 0 Å². The van der Waals surface area contributed by atoms with Gasteiger partial charge < -0.3 is 10.2 Å². The van der Waals surface area contributed by atoms with Crippen LogP contribution in [-0.2, 0) is 20.5 Å². The van der Waals surface area contributed by atoms with E-state index in [0.717, 1.165) is 31.4 Å². The predicted octanol–water partition coefficient (Wildman–Crippen LogP) is 7.42. The van der Waals surface area contributed by atoms with Gasteiger partial charge >= 0.3 is 0 Å². The standard InChI is InChI=1S/C29H54N4O2/c1-9-11-13-14-15-16-17-18-19-20-27(35)32(21-12-10-2)23-26(34)30-25-22-24(28(3,4)5)31-33(25)29(6,7)8/h22H,9-21,23H2,1-8H3,(H,30,34). The molecule has 202 valence electrons. The first-order valence-electron chi connectivity index (χ1n) is 14.1. The summed E-state index contributed by atoms with van der Waals surface area (Å²) >= 11 is 0. The Morgan fingerprint density at radius 1 is 0.857 bits per heavy atom. The van der Waals surface area contributed by atoms with Gasteiger partial charge in [0, 0.05) is 24.4 Å². The molecule has 0 radical (unpaired) electrons. The van der Waals surface area contributed by atoms with E-state index in [4.69, 9.17) is 5.10 Å². The highest BCUT2D eigenvalue weighted by molar-refractivity contribution is 5.94. The summed E-state index contributed by atoms with van der Waals surface area (Å²) in [6.45, 7) is 17.7. The number of rotatable bonds is 16. The highest BCUT2D eigenvalue weighted by Crippen LogP contribution is 2.28. The molecule has 6 heteroatoms. The second-order valence-electron chi connectivity index (χ2n) is 12.0. The zero-order chi connectivity index (χ0) is 26.5. The molecule has 0 aliphatic rings. The largest absolute Gasteiger partial charge is 0.333 e. The Labute approximate surface area is 215 Å². The van der Waals surface area contributed by atoms with E-state index >= 15 is 0 Å². The maximum absolute atomic E-state index is 13.0. The smallest absolute Gasteiger partial charge is 0.245 e. The molecule has 6 nitrogen and oxygen atoms in total. The van der Waals surface area contributed by atoms with Gasteiger partial charge in [0.05, 0.1) is 17.8 Å². The zero-order valence-electron chi connectivity index (χ0n) is 24.1. The first-order chi connectivity index (χ1) is 16.4. The average Bonchev–Trinajstić information content (AvgIpc) is 3.20. The molecule has 0 aliphatic heterocycles. The quantitative estimate of drug-likeness (QED) is 0.245. The Bertz CT molecular complexity index is 756. The third-order valence-electron chi connectivity index (χ3n) is 6.34. The van der Waals surface area contributed by atoms with Crippen molar-refractivity contribution in [3.63, 3.8) is 0 Å². The normalized spacial score (nSPS) is 12.1. The molecule has 1 aromatic heterocycles. The first kappa shape index (κ1) is 31.2. The summed E-state index contributed by atoms with van der Waals surface area (Å²) in [5, 5.41) is 7.82. The Hall–Kier alpha value is -1.85. The fourth-order valence-corrected chi connectivity index (χ4v) is 4.09. The summed E-state index contributed by atoms with van der Waals surface area (Å²) in [5.41, 5.74) is 0.557. The fourth-order valence-electron chi connectivity index (χ4n) is 4.09. The van der Waals surface area contributed by atoms with E-state index in [0.29, 0.717) is 18.8 Å². The topological polar surface area (TPSA) is 67.2 Å². The number of unbranched alkanes of at least 4 members (excludes halogenated alkanes) is 9. The van der Waals surface area contributed by atoms with Crippen LogP contribution < -0.4 is 5.32 Å². The SMILES string of the molecule is CCCCCCCCCCCC(=O)N(CCCC)CC(=O)Nc1cc(C(C)(C)C)nn1C(C)(C)C. The molecule has 0 aromatic carbocycles. The van der Waals surface area contributed by atoms with Gasteiger partial charge in [-0.25, -0.2) is 4.68 Å². The molecule has 0 saturated heterocycles. The minimum absolute atomic E-state index is 0.0937. The van der Waals surface area contributed by atoms with Crippen LogP contribution in [0, 0.1) is 0 Å². The molecule has 0 bridgehead atoms. The van der Waals surface area contributed by atoms with Crippen LogP contribution in [0.25, 0.3) is 0 Å². The van der Waals surface area contributed by atoms with Crippen molar-refractivity contribution in [2.75, 3.05) is 18.4 Å². The van der Waals surface area contributed by atoms with E-state index in [1.807, 2.05) is 10.7 Å². The van der Waals surface area contributed by atoms with Crippen molar-refractivity contribution >= 4 is 17.6 Å². The molecule has 0 aliphatic carbocycles. The molecule has 1 heterocycles. The molecular weight excluding hydrogens is 436 g/mol. The van der Waals surface area contributed by atoms with Crippen molar-refractivity contribution in [3.05, 3.63) is 11.8 Å². The molecule has 0 unspecified atom stereocenters. The number of anilines is 1. The minimum Gasteiger partial charge on any atom is -0.333 e. The third kappa shape index (κ3) is 12.1. The Balaban J connectivity index is 2.65. The molecule has 1 aromatic rings. The van der Waals surface area contributed by atoms with Crippen molar-refractivity contribution in [3.8, 4) is 0 Å². The fraction of sp³-hybridized carbons (Fsp3) is 0.828. The summed E-state index contributed by atoms with van der Waals surface area (Å²) in [6.07, 6.45) is 13.5. The molecule has 0 saturated carbocycles. The van der Waals surface area contributed by atoms with Crippen LogP contribution in [0.4, 0.5) is 5.82 Å². The van der Waals surface area contributed by atoms with Gasteiger partial charge in [0.1, 0.15) is 5.82 Å². The number of aromatic nitrogens is 2. The van der Waals surface area contributed by atoms with E-state index in [-0.39, 0.29) is 29.3 Å². The van der Waals surface area contributed by atoms with E-state index in [2.05, 4.69) is 60.7 Å². The van der Waals surface area contributed by atoms with E-state index in [9.17, 15) is 9.59 Å². The van der Waals surface area contributed by atoms with Gasteiger partial charge in [-0.05, 0) is 33.6 Å². The molecule has 0 spiro atoms. The van der Waals surface area contributed by atoms with Crippen LogP contribution >= 0.6 is 0 Å². The summed E-state index contributed by atoms with van der Waals surface area (Å²) in [4.78, 5) is 27.7. The lowest BCUT2D eigenvalue weighted by Gasteiger charge is -2.24. The van der Waals surface area contributed by atoms with Gasteiger partial charge in [-0.3, -0.25) is 9.59 Å². The van der Waals surface area contributed by atoms with E-state index in [1.165, 1.54) is 44.9 Å². The minimum atomic E-state index is -0.264. The van der Waals surface area contributed by atoms with Gasteiger partial charge in [0.25, 0.3) is 0 Å². The monoisotopic (exact) mass is 490 g/mol. The van der Waals surface area contributed by atoms with Gasteiger partial charge in [0.2, 0.25) is 11.8 Å². The third-order valence-corrected chi connectivity index (χ3v) is 6.34. The van der Waals surface area contributed by atoms with Crippen molar-refractivity contribution < 1.29 is 9.59 Å². The number of nitrogens with zero attached hydrogens (tertiary/aromatic N) is 3. The van der Waals surface area contributed by atoms with Crippen LogP contribution in [0.5, 0.6) is 0 Å². The predicted molar refractivity (Wildman–Crippen MR) is 148 cm³/mol. The van der Waals surface area contributed by atoms with Crippen LogP contribution in [0.1, 0.15) is 138 Å². The number of amides is 2. The van der Waals surface area contributed by atoms with Crippen LogP contribution in [0.15, 0.2) is 6.07 Å². The maximum Gasteiger partial charge on any atom is 0.245 e. The number of hydrogen-bond acceptors (Lipinski definition) is 3. The van der Waals surface area contributed by atoms with Crippen LogP contribution in [0.3, 0.4) is 0 Å². The van der Waals surface area contributed by atoms with E-state index in [1.54, 1.807) is 4.90 Å². The molecule has 2 amide bonds. The second kappa shape index (κ2) is 15.3. The van der Waals surface area contributed by atoms with Crippen molar-refractivity contribution in [2.24, 2.45) is 0 Å². The lowest BCUT2D eigenvalue weighted by atomic mass is 9.92. The molecule has 0 atom stereocenters. The average molecular weight is 491 g/mol. The lowest BCUT2D eigenvalue weighted by Crippen LogP contribution is -2.39. The highest BCUT2D eigenvalue weighted by atomic mass is 16.2. The van der Waals surface area contributed by atoms with Gasteiger partial charge in [-0.1, -0.05) is 92.4 Å². The highest BCUT2D eigenvalue weighted by Gasteiger charge is 2.26. The Morgan fingerprint density at radius 3 is 1.91 bits per heavy atom. The van der Waals surface area contributed by atoms with Gasteiger partial charge in [0.15, 0.2) is 0 Å². The van der Waals surface area contributed by atoms with Crippen molar-refractivity contribution in [1.29, 1.82) is 0 Å². The summed E-state index contributed by atoms with van der Waals surface area (Å²) in [7, 11) is 0. The first-order valence-corrected chi connectivity index (χ1v) is 14.1. The maximum atomic E-state index is 13.0. The van der Waals surface area contributed by atoms with Crippen molar-refractivity contribution in [1.82, 2.24) is 14.7 Å². The molecule has 1 rings (SSSR count). The number of carbonyl (C=O) groups is 2.